The lowest BCUT2D eigenvalue weighted by Crippen LogP contribution is -2.09. The van der Waals surface area contributed by atoms with Crippen molar-refractivity contribution in [1.29, 1.82) is 0 Å². The quantitative estimate of drug-likeness (QED) is 0.461. The first-order chi connectivity index (χ1) is 13.8. The Morgan fingerprint density at radius 3 is 2.29 bits per heavy atom. The molecule has 4 rings (SSSR count). The fraction of sp³-hybridized carbons (Fsp3) is 0.0870. The van der Waals surface area contributed by atoms with Crippen LogP contribution in [-0.4, -0.2) is 16.2 Å². The molecule has 28 heavy (non-hydrogen) atoms. The van der Waals surface area contributed by atoms with E-state index in [-0.39, 0.29) is 12.5 Å². The van der Waals surface area contributed by atoms with Gasteiger partial charge in [0.05, 0.1) is 5.56 Å². The molecule has 0 aliphatic rings. The summed E-state index contributed by atoms with van der Waals surface area (Å²) >= 11 is 0. The zero-order valence-corrected chi connectivity index (χ0v) is 15.1. The van der Waals surface area contributed by atoms with Crippen LogP contribution in [0.5, 0.6) is 0 Å². The molecule has 0 amide bonds. The second-order valence-electron chi connectivity index (χ2n) is 6.26. The molecule has 0 fully saturated rings. The molecule has 0 N–H and O–H groups in total. The average molecular weight is 370 g/mol. The number of benzene rings is 3. The fourth-order valence-electron chi connectivity index (χ4n) is 2.90. The van der Waals surface area contributed by atoms with Crippen LogP contribution in [0, 0.1) is 0 Å². The van der Waals surface area contributed by atoms with E-state index in [4.69, 9.17) is 9.15 Å². The van der Waals surface area contributed by atoms with Crippen LogP contribution < -0.4 is 0 Å². The SMILES string of the molecule is O=C(OCc1nnc(-c2ccccc2)o1)c1ccccc1Cc1ccccc1. The zero-order valence-electron chi connectivity index (χ0n) is 15.1. The summed E-state index contributed by atoms with van der Waals surface area (Å²) in [6, 6.07) is 26.9. The maximum absolute atomic E-state index is 12.6. The summed E-state index contributed by atoms with van der Waals surface area (Å²) < 4.78 is 11.0. The molecular formula is C23H18N2O3. The Bertz CT molecular complexity index is 1060. The summed E-state index contributed by atoms with van der Waals surface area (Å²) in [6.07, 6.45) is 0.658. The summed E-state index contributed by atoms with van der Waals surface area (Å²) in [6.45, 7) is -0.0711. The van der Waals surface area contributed by atoms with Crippen LogP contribution in [0.3, 0.4) is 0 Å². The van der Waals surface area contributed by atoms with E-state index in [1.165, 1.54) is 0 Å². The number of rotatable bonds is 6. The molecule has 138 valence electrons. The van der Waals surface area contributed by atoms with E-state index in [0.717, 1.165) is 16.7 Å². The van der Waals surface area contributed by atoms with E-state index in [9.17, 15) is 4.79 Å². The van der Waals surface area contributed by atoms with Gasteiger partial charge < -0.3 is 9.15 Å². The van der Waals surface area contributed by atoms with Crippen molar-refractivity contribution in [3.05, 3.63) is 108 Å². The highest BCUT2D eigenvalue weighted by atomic mass is 16.5. The molecule has 1 heterocycles. The van der Waals surface area contributed by atoms with Crippen molar-refractivity contribution in [2.24, 2.45) is 0 Å². The number of hydrogen-bond acceptors (Lipinski definition) is 5. The lowest BCUT2D eigenvalue weighted by Gasteiger charge is -2.09. The lowest BCUT2D eigenvalue weighted by molar-refractivity contribution is 0.0437. The lowest BCUT2D eigenvalue weighted by atomic mass is 10.00. The average Bonchev–Trinajstić information content (AvgIpc) is 3.23. The Morgan fingerprint density at radius 1 is 0.821 bits per heavy atom. The van der Waals surface area contributed by atoms with Gasteiger partial charge >= 0.3 is 5.97 Å². The van der Waals surface area contributed by atoms with Crippen LogP contribution in [0.1, 0.15) is 27.4 Å². The van der Waals surface area contributed by atoms with Gasteiger partial charge in [-0.25, -0.2) is 4.79 Å². The third-order valence-corrected chi connectivity index (χ3v) is 4.29. The number of carbonyl (C=O) groups is 1. The smallest absolute Gasteiger partial charge is 0.338 e. The summed E-state index contributed by atoms with van der Waals surface area (Å²) in [5.74, 6) is 0.245. The van der Waals surface area contributed by atoms with Crippen molar-refractivity contribution in [3.8, 4) is 11.5 Å². The van der Waals surface area contributed by atoms with Crippen LogP contribution in [0.4, 0.5) is 0 Å². The summed E-state index contributed by atoms with van der Waals surface area (Å²) in [5, 5.41) is 7.96. The standard InChI is InChI=1S/C23H18N2O3/c26-23(20-14-8-7-13-19(20)15-17-9-3-1-4-10-17)27-16-21-24-25-22(28-21)18-11-5-2-6-12-18/h1-14H,15-16H2. The molecule has 0 saturated carbocycles. The second-order valence-corrected chi connectivity index (χ2v) is 6.26. The molecule has 0 atom stereocenters. The van der Waals surface area contributed by atoms with Crippen molar-refractivity contribution in [1.82, 2.24) is 10.2 Å². The maximum Gasteiger partial charge on any atom is 0.338 e. The van der Waals surface area contributed by atoms with Crippen molar-refractivity contribution >= 4 is 5.97 Å². The van der Waals surface area contributed by atoms with Crippen molar-refractivity contribution < 1.29 is 13.9 Å². The van der Waals surface area contributed by atoms with Crippen LogP contribution in [0.25, 0.3) is 11.5 Å². The van der Waals surface area contributed by atoms with E-state index in [1.54, 1.807) is 6.07 Å². The van der Waals surface area contributed by atoms with E-state index >= 15 is 0 Å². The van der Waals surface area contributed by atoms with Gasteiger partial charge in [0.25, 0.3) is 5.89 Å². The minimum atomic E-state index is -0.411. The van der Waals surface area contributed by atoms with Crippen molar-refractivity contribution in [2.75, 3.05) is 0 Å². The van der Waals surface area contributed by atoms with E-state index < -0.39 is 5.97 Å². The van der Waals surface area contributed by atoms with Crippen molar-refractivity contribution in [2.45, 2.75) is 13.0 Å². The number of nitrogens with zero attached hydrogens (tertiary/aromatic N) is 2. The van der Waals surface area contributed by atoms with Gasteiger partial charge in [0, 0.05) is 5.56 Å². The Hall–Kier alpha value is -3.73. The highest BCUT2D eigenvalue weighted by Gasteiger charge is 2.15. The van der Waals surface area contributed by atoms with Gasteiger partial charge in [-0.05, 0) is 35.7 Å². The molecule has 0 bridgehead atoms. The molecule has 5 heteroatoms. The molecule has 5 nitrogen and oxygen atoms in total. The first-order valence-electron chi connectivity index (χ1n) is 8.96. The van der Waals surface area contributed by atoms with Gasteiger partial charge in [0.2, 0.25) is 5.89 Å². The van der Waals surface area contributed by atoms with Crippen LogP contribution >= 0.6 is 0 Å². The van der Waals surface area contributed by atoms with E-state index in [2.05, 4.69) is 10.2 Å². The van der Waals surface area contributed by atoms with Gasteiger partial charge in [-0.15, -0.1) is 10.2 Å². The Balaban J connectivity index is 1.44. The van der Waals surface area contributed by atoms with Gasteiger partial charge in [-0.3, -0.25) is 0 Å². The fourth-order valence-corrected chi connectivity index (χ4v) is 2.90. The molecule has 0 aliphatic heterocycles. The Morgan fingerprint density at radius 2 is 1.50 bits per heavy atom. The predicted molar refractivity (Wildman–Crippen MR) is 105 cm³/mol. The van der Waals surface area contributed by atoms with Crippen LogP contribution in [-0.2, 0) is 17.8 Å². The number of esters is 1. The molecular weight excluding hydrogens is 352 g/mol. The molecule has 1 aromatic heterocycles. The Labute approximate surface area is 162 Å². The van der Waals surface area contributed by atoms with Crippen LogP contribution in [0.15, 0.2) is 89.3 Å². The molecule has 0 radical (unpaired) electrons. The molecule has 3 aromatic carbocycles. The monoisotopic (exact) mass is 370 g/mol. The normalized spacial score (nSPS) is 10.6. The Kier molecular flexibility index (Phi) is 5.24. The third kappa shape index (κ3) is 4.15. The minimum absolute atomic E-state index is 0.0711. The molecule has 0 saturated heterocycles. The number of aromatic nitrogens is 2. The maximum atomic E-state index is 12.6. The first-order valence-corrected chi connectivity index (χ1v) is 8.96. The summed E-state index contributed by atoms with van der Waals surface area (Å²) in [4.78, 5) is 12.6. The zero-order chi connectivity index (χ0) is 19.2. The number of hydrogen-bond donors (Lipinski definition) is 0. The van der Waals surface area contributed by atoms with Crippen LogP contribution in [0.2, 0.25) is 0 Å². The third-order valence-electron chi connectivity index (χ3n) is 4.29. The molecule has 0 unspecified atom stereocenters. The van der Waals surface area contributed by atoms with Crippen molar-refractivity contribution in [3.63, 3.8) is 0 Å². The van der Waals surface area contributed by atoms with E-state index in [1.807, 2.05) is 78.9 Å². The summed E-state index contributed by atoms with van der Waals surface area (Å²) in [7, 11) is 0. The minimum Gasteiger partial charge on any atom is -0.452 e. The highest BCUT2D eigenvalue weighted by Crippen LogP contribution is 2.19. The highest BCUT2D eigenvalue weighted by molar-refractivity contribution is 5.91. The first kappa shape index (κ1) is 17.7. The predicted octanol–water partition coefficient (Wildman–Crippen LogP) is 4.68. The van der Waals surface area contributed by atoms with Gasteiger partial charge in [0.15, 0.2) is 6.61 Å². The number of carbonyl (C=O) groups excluding carboxylic acids is 1. The molecule has 4 aromatic rings. The summed E-state index contributed by atoms with van der Waals surface area (Å²) in [5.41, 5.74) is 3.40. The largest absolute Gasteiger partial charge is 0.452 e. The van der Waals surface area contributed by atoms with Gasteiger partial charge in [-0.1, -0.05) is 66.7 Å². The molecule has 0 spiro atoms. The van der Waals surface area contributed by atoms with Gasteiger partial charge in [0.1, 0.15) is 0 Å². The molecule has 0 aliphatic carbocycles. The second kappa shape index (κ2) is 8.31. The topological polar surface area (TPSA) is 65.2 Å². The van der Waals surface area contributed by atoms with E-state index in [0.29, 0.717) is 17.9 Å². The number of ether oxygens (including phenoxy) is 1. The van der Waals surface area contributed by atoms with Gasteiger partial charge in [-0.2, -0.15) is 0 Å².